The molecule has 5 nitrogen and oxygen atoms in total. The molecule has 0 radical (unpaired) electrons. The Morgan fingerprint density at radius 3 is 2.89 bits per heavy atom. The van der Waals surface area contributed by atoms with Crippen molar-refractivity contribution >= 4 is 17.5 Å². The third-order valence-electron chi connectivity index (χ3n) is 2.24. The molecule has 1 aromatic carbocycles. The van der Waals surface area contributed by atoms with Gasteiger partial charge < -0.3 is 10.4 Å². The van der Waals surface area contributed by atoms with E-state index in [1.165, 1.54) is 12.3 Å². The Hall–Kier alpha value is -2.50. The van der Waals surface area contributed by atoms with Gasteiger partial charge in [-0.25, -0.2) is 14.2 Å². The maximum absolute atomic E-state index is 13.5. The third kappa shape index (κ3) is 2.60. The van der Waals surface area contributed by atoms with E-state index >= 15 is 0 Å². The molecular formula is C12H10FN3O2. The summed E-state index contributed by atoms with van der Waals surface area (Å²) in [6, 6.07) is 4.57. The van der Waals surface area contributed by atoms with Crippen LogP contribution in [0.4, 0.5) is 15.9 Å². The van der Waals surface area contributed by atoms with Gasteiger partial charge >= 0.3 is 5.97 Å². The summed E-state index contributed by atoms with van der Waals surface area (Å²) in [6.07, 6.45) is 2.45. The fourth-order valence-corrected chi connectivity index (χ4v) is 1.40. The molecule has 6 heteroatoms. The normalized spacial score (nSPS) is 10.1. The summed E-state index contributed by atoms with van der Waals surface area (Å²) >= 11 is 0. The van der Waals surface area contributed by atoms with Gasteiger partial charge in [-0.1, -0.05) is 6.07 Å². The van der Waals surface area contributed by atoms with Crippen LogP contribution in [0.25, 0.3) is 0 Å². The zero-order chi connectivity index (χ0) is 13.1. The molecule has 0 fully saturated rings. The molecule has 0 aliphatic rings. The average molecular weight is 247 g/mol. The summed E-state index contributed by atoms with van der Waals surface area (Å²) in [5.74, 6) is -1.45. The van der Waals surface area contributed by atoms with Crippen molar-refractivity contribution in [2.75, 3.05) is 5.32 Å². The molecule has 0 bridgehead atoms. The number of nitrogens with one attached hydrogen (secondary N) is 1. The molecule has 0 unspecified atom stereocenters. The van der Waals surface area contributed by atoms with Gasteiger partial charge in [0.15, 0.2) is 5.69 Å². The second-order valence-corrected chi connectivity index (χ2v) is 3.70. The quantitative estimate of drug-likeness (QED) is 0.870. The van der Waals surface area contributed by atoms with E-state index in [0.29, 0.717) is 0 Å². The number of carboxylic acid groups (broad SMARTS) is 1. The van der Waals surface area contributed by atoms with Gasteiger partial charge in [-0.05, 0) is 24.6 Å². The smallest absolute Gasteiger partial charge is 0.356 e. The van der Waals surface area contributed by atoms with Gasteiger partial charge in [0.05, 0.1) is 18.1 Å². The number of aryl methyl sites for hydroxylation is 1. The lowest BCUT2D eigenvalue weighted by molar-refractivity contribution is 0.0690. The lowest BCUT2D eigenvalue weighted by atomic mass is 10.2. The van der Waals surface area contributed by atoms with Crippen LogP contribution in [0, 0.1) is 12.7 Å². The highest BCUT2D eigenvalue weighted by Crippen LogP contribution is 2.19. The Balaban J connectivity index is 2.31. The van der Waals surface area contributed by atoms with Gasteiger partial charge in [-0.15, -0.1) is 0 Å². The van der Waals surface area contributed by atoms with Crippen LogP contribution >= 0.6 is 0 Å². The van der Waals surface area contributed by atoms with E-state index in [1.54, 1.807) is 12.1 Å². The first kappa shape index (κ1) is 12.0. The molecule has 0 aliphatic carbocycles. The Morgan fingerprint density at radius 2 is 2.17 bits per heavy atom. The predicted octanol–water partition coefficient (Wildman–Crippen LogP) is 2.37. The Bertz CT molecular complexity index is 602. The monoisotopic (exact) mass is 247 g/mol. The van der Waals surface area contributed by atoms with Crippen LogP contribution in [0.5, 0.6) is 0 Å². The van der Waals surface area contributed by atoms with E-state index in [9.17, 15) is 9.18 Å². The Kier molecular flexibility index (Phi) is 3.18. The maximum Gasteiger partial charge on any atom is 0.356 e. The number of halogens is 1. The van der Waals surface area contributed by atoms with E-state index in [0.717, 1.165) is 11.8 Å². The first-order valence-electron chi connectivity index (χ1n) is 5.15. The number of aromatic carboxylic acids is 1. The fraction of sp³-hybridized carbons (Fsp3) is 0.0833. The van der Waals surface area contributed by atoms with Crippen LogP contribution in [0.3, 0.4) is 0 Å². The summed E-state index contributed by atoms with van der Waals surface area (Å²) in [5, 5.41) is 11.5. The minimum Gasteiger partial charge on any atom is -0.476 e. The lowest BCUT2D eigenvalue weighted by Crippen LogP contribution is -2.04. The van der Waals surface area contributed by atoms with Crippen molar-refractivity contribution in [3.8, 4) is 0 Å². The minimum atomic E-state index is -1.18. The molecule has 2 rings (SSSR count). The molecule has 0 aliphatic heterocycles. The van der Waals surface area contributed by atoms with E-state index < -0.39 is 11.8 Å². The van der Waals surface area contributed by atoms with Crippen LogP contribution in [-0.4, -0.2) is 21.0 Å². The molecular weight excluding hydrogens is 237 g/mol. The summed E-state index contributed by atoms with van der Waals surface area (Å²) < 4.78 is 13.5. The highest BCUT2D eigenvalue weighted by Gasteiger charge is 2.08. The predicted molar refractivity (Wildman–Crippen MR) is 63.4 cm³/mol. The fourth-order valence-electron chi connectivity index (χ4n) is 1.40. The Labute approximate surface area is 102 Å². The molecule has 92 valence electrons. The van der Waals surface area contributed by atoms with Crippen molar-refractivity contribution in [2.45, 2.75) is 6.92 Å². The summed E-state index contributed by atoms with van der Waals surface area (Å²) in [7, 11) is 0. The topological polar surface area (TPSA) is 75.1 Å². The van der Waals surface area contributed by atoms with Crippen molar-refractivity contribution in [3.05, 3.63) is 47.7 Å². The van der Waals surface area contributed by atoms with Crippen LogP contribution in [0.15, 0.2) is 30.6 Å². The number of carbonyl (C=O) groups is 1. The van der Waals surface area contributed by atoms with Crippen molar-refractivity contribution in [1.82, 2.24) is 9.97 Å². The first-order chi connectivity index (χ1) is 8.56. The largest absolute Gasteiger partial charge is 0.476 e. The van der Waals surface area contributed by atoms with E-state index in [4.69, 9.17) is 5.11 Å². The standard InChI is InChI=1S/C12H10FN3O2/c1-7-2-3-8(13)9(4-7)15-11-6-14-5-10(16-11)12(17)18/h2-6H,1H3,(H,15,16)(H,17,18). The van der Waals surface area contributed by atoms with Crippen molar-refractivity contribution < 1.29 is 14.3 Å². The van der Waals surface area contributed by atoms with Gasteiger partial charge in [0.1, 0.15) is 11.6 Å². The molecule has 0 spiro atoms. The maximum atomic E-state index is 13.5. The van der Waals surface area contributed by atoms with Crippen molar-refractivity contribution in [3.63, 3.8) is 0 Å². The van der Waals surface area contributed by atoms with Crippen molar-refractivity contribution in [1.29, 1.82) is 0 Å². The number of hydrogen-bond donors (Lipinski definition) is 2. The molecule has 1 heterocycles. The second-order valence-electron chi connectivity index (χ2n) is 3.70. The summed E-state index contributed by atoms with van der Waals surface area (Å²) in [6.45, 7) is 1.82. The van der Waals surface area contributed by atoms with Gasteiger partial charge in [-0.3, -0.25) is 4.98 Å². The van der Waals surface area contributed by atoms with Gasteiger partial charge in [0, 0.05) is 0 Å². The minimum absolute atomic E-state index is 0.180. The van der Waals surface area contributed by atoms with Crippen LogP contribution in [0.1, 0.15) is 16.1 Å². The second kappa shape index (κ2) is 4.79. The summed E-state index contributed by atoms with van der Waals surface area (Å²) in [5.41, 5.74) is 0.904. The molecule has 1 aromatic heterocycles. The zero-order valence-corrected chi connectivity index (χ0v) is 9.51. The first-order valence-corrected chi connectivity index (χ1v) is 5.15. The number of benzene rings is 1. The zero-order valence-electron chi connectivity index (χ0n) is 9.51. The number of carboxylic acids is 1. The molecule has 2 N–H and O–H groups in total. The third-order valence-corrected chi connectivity index (χ3v) is 2.24. The van der Waals surface area contributed by atoms with Gasteiger partial charge in [0.25, 0.3) is 0 Å². The molecule has 0 saturated heterocycles. The van der Waals surface area contributed by atoms with Gasteiger partial charge in [0.2, 0.25) is 0 Å². The van der Waals surface area contributed by atoms with Crippen molar-refractivity contribution in [2.24, 2.45) is 0 Å². The molecule has 2 aromatic rings. The number of hydrogen-bond acceptors (Lipinski definition) is 4. The number of nitrogens with zero attached hydrogens (tertiary/aromatic N) is 2. The molecule has 0 atom stereocenters. The molecule has 18 heavy (non-hydrogen) atoms. The van der Waals surface area contributed by atoms with Crippen LogP contribution in [-0.2, 0) is 0 Å². The van der Waals surface area contributed by atoms with Gasteiger partial charge in [-0.2, -0.15) is 0 Å². The van der Waals surface area contributed by atoms with Crippen LogP contribution in [0.2, 0.25) is 0 Å². The Morgan fingerprint density at radius 1 is 1.39 bits per heavy atom. The molecule has 0 amide bonds. The summed E-state index contributed by atoms with van der Waals surface area (Å²) in [4.78, 5) is 18.2. The number of anilines is 2. The molecule has 0 saturated carbocycles. The number of aromatic nitrogens is 2. The average Bonchev–Trinajstić information content (AvgIpc) is 2.34. The van der Waals surface area contributed by atoms with Crippen LogP contribution < -0.4 is 5.32 Å². The number of rotatable bonds is 3. The highest BCUT2D eigenvalue weighted by atomic mass is 19.1. The highest BCUT2D eigenvalue weighted by molar-refractivity contribution is 5.85. The van der Waals surface area contributed by atoms with E-state index in [2.05, 4.69) is 15.3 Å². The van der Waals surface area contributed by atoms with E-state index in [-0.39, 0.29) is 17.2 Å². The van der Waals surface area contributed by atoms with E-state index in [1.807, 2.05) is 6.92 Å². The lowest BCUT2D eigenvalue weighted by Gasteiger charge is -2.07. The SMILES string of the molecule is Cc1ccc(F)c(Nc2cncc(C(=O)O)n2)c1.